The van der Waals surface area contributed by atoms with Gasteiger partial charge in [0.1, 0.15) is 0 Å². The van der Waals surface area contributed by atoms with E-state index in [9.17, 15) is 69.9 Å². The van der Waals surface area contributed by atoms with E-state index >= 15 is 0 Å². The molecule has 0 saturated heterocycles. The van der Waals surface area contributed by atoms with Crippen molar-refractivity contribution in [1.29, 1.82) is 0 Å². The molecule has 0 N–H and O–H groups in total. The van der Waals surface area contributed by atoms with Gasteiger partial charge in [-0.3, -0.25) is 0 Å². The van der Waals surface area contributed by atoms with Crippen LogP contribution in [0.4, 0.5) is 61.5 Å². The lowest BCUT2D eigenvalue weighted by molar-refractivity contribution is -0.343. The van der Waals surface area contributed by atoms with Crippen molar-refractivity contribution in [2.45, 2.75) is 95.8 Å². The number of rotatable bonds is 9. The Kier molecular flexibility index (Phi) is 16.5. The third kappa shape index (κ3) is 16.6. The topological polar surface area (TPSA) is 34.1 Å². The summed E-state index contributed by atoms with van der Waals surface area (Å²) in [5.74, 6) is -0.366. The first kappa shape index (κ1) is 38.8. The molecule has 0 amide bonds. The Morgan fingerprint density at radius 1 is 0.686 bits per heavy atom. The zero-order valence-electron chi connectivity index (χ0n) is 18.5. The van der Waals surface area contributed by atoms with Crippen LogP contribution in [0.15, 0.2) is 0 Å². The molecule has 0 aromatic carbocycles. The van der Waals surface area contributed by atoms with E-state index in [4.69, 9.17) is 10.7 Å². The smallest absolute Gasteiger partial charge is 0.227 e. The van der Waals surface area contributed by atoms with E-state index in [2.05, 4.69) is 0 Å². The molecule has 0 aromatic heterocycles. The predicted molar refractivity (Wildman–Crippen MR) is 101 cm³/mol. The molecule has 0 rings (SSSR count). The van der Waals surface area contributed by atoms with E-state index in [0.717, 1.165) is 0 Å². The maximum absolute atomic E-state index is 13.3. The highest BCUT2D eigenvalue weighted by atomic mass is 35.7. The van der Waals surface area contributed by atoms with Gasteiger partial charge >= 0.3 is 24.7 Å². The second-order valence-electron chi connectivity index (χ2n) is 6.98. The van der Waals surface area contributed by atoms with Crippen molar-refractivity contribution < 1.29 is 69.9 Å². The van der Waals surface area contributed by atoms with Crippen LogP contribution in [0.25, 0.3) is 0 Å². The summed E-state index contributed by atoms with van der Waals surface area (Å²) in [6.07, 6.45) is -29.8. The third-order valence-corrected chi connectivity index (χ3v) is 5.23. The number of halogens is 15. The summed E-state index contributed by atoms with van der Waals surface area (Å²) < 4.78 is 185. The summed E-state index contributed by atoms with van der Waals surface area (Å²) in [5.41, 5.74) is -5.20. The zero-order chi connectivity index (χ0) is 29.1. The monoisotopic (exact) mass is 594 g/mol. The molecule has 35 heavy (non-hydrogen) atoms. The molecule has 0 aromatic rings. The molecule has 0 aliphatic heterocycles. The van der Waals surface area contributed by atoms with Crippen LogP contribution in [-0.2, 0) is 9.05 Å². The minimum atomic E-state index is -6.01. The van der Waals surface area contributed by atoms with Crippen molar-refractivity contribution in [2.75, 3.05) is 5.75 Å². The average molecular weight is 595 g/mol. The minimum absolute atomic E-state index is 0.0181. The Bertz CT molecular complexity index is 640. The maximum atomic E-state index is 13.3. The fourth-order valence-electron chi connectivity index (χ4n) is 2.15. The van der Waals surface area contributed by atoms with Crippen LogP contribution in [0.1, 0.15) is 59.3 Å². The molecule has 216 valence electrons. The van der Waals surface area contributed by atoms with E-state index in [1.807, 2.05) is 13.8 Å². The van der Waals surface area contributed by atoms with Crippen LogP contribution in [0, 0.1) is 5.92 Å². The second kappa shape index (κ2) is 14.9. The fourth-order valence-corrected chi connectivity index (χ4v) is 3.11. The lowest BCUT2D eigenvalue weighted by atomic mass is 9.94. The van der Waals surface area contributed by atoms with Gasteiger partial charge in [-0.25, -0.2) is 17.2 Å². The SMILES string of the molecule is CC.CC(CCCCCC(F)(C(F)(F)F)C(F)(F)F)CCS(=O)(=O)Cl.FC(C(F)(F)F)C(F)(F)F. The van der Waals surface area contributed by atoms with Crippen molar-refractivity contribution in [3.05, 3.63) is 0 Å². The predicted octanol–water partition coefficient (Wildman–Crippen LogP) is 8.84. The summed E-state index contributed by atoms with van der Waals surface area (Å²) in [6, 6.07) is 0. The molecule has 1 atom stereocenters. The average Bonchev–Trinajstić information content (AvgIpc) is 2.63. The van der Waals surface area contributed by atoms with Gasteiger partial charge in [0, 0.05) is 10.7 Å². The van der Waals surface area contributed by atoms with Crippen LogP contribution in [0.3, 0.4) is 0 Å². The first-order valence-corrected chi connectivity index (χ1v) is 12.3. The van der Waals surface area contributed by atoms with Gasteiger partial charge in [-0.15, -0.1) is 0 Å². The molecule has 0 aliphatic carbocycles. The molecule has 0 heterocycles. The van der Waals surface area contributed by atoms with Crippen LogP contribution >= 0.6 is 10.7 Å². The fraction of sp³-hybridized carbons (Fsp3) is 1.00. The van der Waals surface area contributed by atoms with E-state index in [1.165, 1.54) is 0 Å². The van der Waals surface area contributed by atoms with Gasteiger partial charge in [-0.1, -0.05) is 40.0 Å². The molecular formula is C17H25ClF14O2S. The molecule has 1 unspecified atom stereocenters. The van der Waals surface area contributed by atoms with Gasteiger partial charge in [-0.2, -0.15) is 52.7 Å². The lowest BCUT2D eigenvalue weighted by Crippen LogP contribution is -2.53. The van der Waals surface area contributed by atoms with Gasteiger partial charge in [0.25, 0.3) is 11.8 Å². The summed E-state index contributed by atoms with van der Waals surface area (Å²) in [6.45, 7) is 5.69. The first-order chi connectivity index (χ1) is 15.3. The van der Waals surface area contributed by atoms with Gasteiger partial charge in [0.05, 0.1) is 5.75 Å². The van der Waals surface area contributed by atoms with Crippen molar-refractivity contribution in [2.24, 2.45) is 5.92 Å². The number of hydrogen-bond donors (Lipinski definition) is 0. The molecule has 0 radical (unpaired) electrons. The molecule has 18 heteroatoms. The van der Waals surface area contributed by atoms with Crippen LogP contribution in [-0.4, -0.2) is 50.7 Å². The van der Waals surface area contributed by atoms with Crippen molar-refractivity contribution in [1.82, 2.24) is 0 Å². The Morgan fingerprint density at radius 2 is 1.06 bits per heavy atom. The summed E-state index contributed by atoms with van der Waals surface area (Å²) in [7, 11) is 1.38. The Hall–Kier alpha value is -0.740. The van der Waals surface area contributed by atoms with E-state index in [0.29, 0.717) is 6.42 Å². The molecule has 0 bridgehead atoms. The molecule has 0 fully saturated rings. The van der Waals surface area contributed by atoms with E-state index in [1.54, 1.807) is 6.92 Å². The molecule has 0 aliphatic rings. The number of hydrogen-bond acceptors (Lipinski definition) is 2. The van der Waals surface area contributed by atoms with Gasteiger partial charge in [0.2, 0.25) is 9.05 Å². The van der Waals surface area contributed by atoms with Gasteiger partial charge in [-0.05, 0) is 25.2 Å². The Morgan fingerprint density at radius 3 is 1.31 bits per heavy atom. The number of unbranched alkanes of at least 4 members (excludes halogenated alkanes) is 2. The van der Waals surface area contributed by atoms with Gasteiger partial charge in [0.15, 0.2) is 0 Å². The van der Waals surface area contributed by atoms with E-state index < -0.39 is 58.4 Å². The van der Waals surface area contributed by atoms with Gasteiger partial charge < -0.3 is 0 Å². The van der Waals surface area contributed by atoms with Crippen LogP contribution in [0.5, 0.6) is 0 Å². The molecule has 0 spiro atoms. The van der Waals surface area contributed by atoms with E-state index in [-0.39, 0.29) is 30.9 Å². The van der Waals surface area contributed by atoms with Crippen molar-refractivity contribution in [3.63, 3.8) is 0 Å². The molecular weight excluding hydrogens is 570 g/mol. The highest BCUT2D eigenvalue weighted by Gasteiger charge is 2.71. The van der Waals surface area contributed by atoms with Crippen molar-refractivity contribution >= 4 is 19.7 Å². The molecule has 0 saturated carbocycles. The summed E-state index contributed by atoms with van der Waals surface area (Å²) in [5, 5.41) is 0. The minimum Gasteiger partial charge on any atom is -0.227 e. The Labute approximate surface area is 197 Å². The lowest BCUT2D eigenvalue weighted by Gasteiger charge is -2.29. The summed E-state index contributed by atoms with van der Waals surface area (Å²) >= 11 is 0. The highest BCUT2D eigenvalue weighted by molar-refractivity contribution is 8.13. The maximum Gasteiger partial charge on any atom is 0.431 e. The highest BCUT2D eigenvalue weighted by Crippen LogP contribution is 2.49. The summed E-state index contributed by atoms with van der Waals surface area (Å²) in [4.78, 5) is 0. The van der Waals surface area contributed by atoms with Crippen LogP contribution < -0.4 is 0 Å². The normalized spacial score (nSPS) is 14.6. The number of alkyl halides is 14. The standard InChI is InChI=1S/C12H18ClF7O2S.C3HF7.C2H6/c1-9(6-8-23(13,21)22)5-3-2-4-7-10(14,11(15,16)17)12(18,19)20;4-1(2(5,6)7)3(8,9)10;1-2/h9H,2-8H2,1H3;1H;1-2H3. The second-order valence-corrected chi connectivity index (χ2v) is 9.88. The first-order valence-electron chi connectivity index (χ1n) is 9.78. The Balaban J connectivity index is -0.000000712. The zero-order valence-corrected chi connectivity index (χ0v) is 20.1. The quantitative estimate of drug-likeness (QED) is 0.152. The van der Waals surface area contributed by atoms with Crippen molar-refractivity contribution in [3.8, 4) is 0 Å². The largest absolute Gasteiger partial charge is 0.431 e. The van der Waals surface area contributed by atoms with Crippen LogP contribution in [0.2, 0.25) is 0 Å². The third-order valence-electron chi connectivity index (χ3n) is 4.05. The molecule has 2 nitrogen and oxygen atoms in total.